The van der Waals surface area contributed by atoms with Gasteiger partial charge in [0.25, 0.3) is 5.91 Å². The van der Waals surface area contributed by atoms with E-state index >= 15 is 0 Å². The van der Waals surface area contributed by atoms with E-state index in [-0.39, 0.29) is 23.5 Å². The van der Waals surface area contributed by atoms with Crippen LogP contribution < -0.4 is 5.32 Å². The van der Waals surface area contributed by atoms with Gasteiger partial charge in [-0.1, -0.05) is 35.9 Å². The van der Waals surface area contributed by atoms with E-state index in [1.54, 1.807) is 23.1 Å². The summed E-state index contributed by atoms with van der Waals surface area (Å²) in [5.74, 6) is -0.0811. The summed E-state index contributed by atoms with van der Waals surface area (Å²) in [5, 5.41) is 8.26. The molecule has 5 rings (SSSR count). The molecule has 4 aromatic rings. The first-order chi connectivity index (χ1) is 16.3. The summed E-state index contributed by atoms with van der Waals surface area (Å²) < 4.78 is 26.0. The fourth-order valence-electron chi connectivity index (χ4n) is 4.37. The summed E-state index contributed by atoms with van der Waals surface area (Å²) in [6, 6.07) is 13.1. The number of benzene rings is 1. The molecular formula is C25H25N5O3S. The van der Waals surface area contributed by atoms with Gasteiger partial charge in [0, 0.05) is 24.5 Å². The third-order valence-electron chi connectivity index (χ3n) is 6.16. The van der Waals surface area contributed by atoms with E-state index in [0.717, 1.165) is 16.7 Å². The monoisotopic (exact) mass is 475 g/mol. The van der Waals surface area contributed by atoms with Gasteiger partial charge in [0.1, 0.15) is 0 Å². The van der Waals surface area contributed by atoms with Gasteiger partial charge in [-0.3, -0.25) is 9.78 Å². The van der Waals surface area contributed by atoms with Crippen molar-refractivity contribution >= 4 is 26.8 Å². The smallest absolute Gasteiger partial charge is 0.252 e. The average Bonchev–Trinajstić information content (AvgIpc) is 3.36. The number of nitrogens with one attached hydrogen (secondary N) is 1. The Bertz CT molecular complexity index is 1480. The first-order valence-corrected chi connectivity index (χ1v) is 13.0. The maximum absolute atomic E-state index is 13.4. The molecule has 4 heterocycles. The van der Waals surface area contributed by atoms with Crippen molar-refractivity contribution in [2.45, 2.75) is 32.9 Å². The first kappa shape index (κ1) is 22.2. The van der Waals surface area contributed by atoms with Crippen LogP contribution in [0.2, 0.25) is 0 Å². The maximum Gasteiger partial charge on any atom is 0.252 e. The first-order valence-electron chi connectivity index (χ1n) is 11.2. The van der Waals surface area contributed by atoms with Crippen LogP contribution in [-0.4, -0.2) is 45.6 Å². The Balaban J connectivity index is 1.62. The Morgan fingerprint density at radius 3 is 2.65 bits per heavy atom. The van der Waals surface area contributed by atoms with Gasteiger partial charge in [-0.05, 0) is 38.0 Å². The van der Waals surface area contributed by atoms with Crippen LogP contribution in [0.1, 0.15) is 39.6 Å². The van der Waals surface area contributed by atoms with E-state index in [2.05, 4.69) is 15.4 Å². The second kappa shape index (κ2) is 8.64. The molecule has 1 unspecified atom stereocenters. The standard InChI is InChI=1S/C25H25N5O3S/c1-16-5-7-19(8-6-16)22-12-21(25(31)27-14-18-4-3-10-26-13-18)23-17(2)29-30(24(23)28-22)20-9-11-34(32,33)15-20/h3-8,10,12-13,20H,9,11,14-15H2,1-2H3,(H,27,31). The van der Waals surface area contributed by atoms with E-state index in [4.69, 9.17) is 4.98 Å². The molecule has 0 bridgehead atoms. The second-order valence-electron chi connectivity index (χ2n) is 8.75. The van der Waals surface area contributed by atoms with Crippen molar-refractivity contribution in [3.8, 4) is 11.3 Å². The lowest BCUT2D eigenvalue weighted by molar-refractivity contribution is 0.0952. The van der Waals surface area contributed by atoms with Gasteiger partial charge >= 0.3 is 0 Å². The fourth-order valence-corrected chi connectivity index (χ4v) is 6.06. The number of sulfone groups is 1. The number of hydrogen-bond donors (Lipinski definition) is 1. The summed E-state index contributed by atoms with van der Waals surface area (Å²) in [6.07, 6.45) is 3.88. The normalized spacial score (nSPS) is 17.2. The zero-order chi connectivity index (χ0) is 23.9. The van der Waals surface area contributed by atoms with E-state index in [9.17, 15) is 13.2 Å². The summed E-state index contributed by atoms with van der Waals surface area (Å²) in [4.78, 5) is 22.3. The molecule has 1 saturated heterocycles. The van der Waals surface area contributed by atoms with Crippen LogP contribution in [0, 0.1) is 13.8 Å². The van der Waals surface area contributed by atoms with Gasteiger partial charge in [0.05, 0.1) is 39.9 Å². The van der Waals surface area contributed by atoms with Gasteiger partial charge in [-0.2, -0.15) is 5.10 Å². The topological polar surface area (TPSA) is 107 Å². The molecular weight excluding hydrogens is 450 g/mol. The van der Waals surface area contributed by atoms with Crippen molar-refractivity contribution in [2.75, 3.05) is 11.5 Å². The van der Waals surface area contributed by atoms with Gasteiger partial charge in [-0.15, -0.1) is 0 Å². The molecule has 1 fully saturated rings. The number of nitrogens with zero attached hydrogens (tertiary/aromatic N) is 4. The number of carbonyl (C=O) groups is 1. The maximum atomic E-state index is 13.4. The molecule has 1 atom stereocenters. The number of aromatic nitrogens is 4. The third kappa shape index (κ3) is 4.31. The van der Waals surface area contributed by atoms with E-state index in [1.165, 1.54) is 0 Å². The molecule has 0 spiro atoms. The zero-order valence-corrected chi connectivity index (χ0v) is 19.8. The van der Waals surface area contributed by atoms with E-state index in [0.29, 0.717) is 41.0 Å². The molecule has 9 heteroatoms. The SMILES string of the molecule is Cc1ccc(-c2cc(C(=O)NCc3cccnc3)c3c(C)nn(C4CCS(=O)(=O)C4)c3n2)cc1. The zero-order valence-electron chi connectivity index (χ0n) is 19.0. The largest absolute Gasteiger partial charge is 0.348 e. The van der Waals surface area contributed by atoms with Gasteiger partial charge < -0.3 is 5.32 Å². The summed E-state index contributed by atoms with van der Waals surface area (Å²) in [6.45, 7) is 4.18. The Morgan fingerprint density at radius 2 is 1.97 bits per heavy atom. The highest BCUT2D eigenvalue weighted by Crippen LogP contribution is 2.32. The molecule has 174 valence electrons. The van der Waals surface area contributed by atoms with Gasteiger partial charge in [0.2, 0.25) is 0 Å². The molecule has 0 aliphatic carbocycles. The lowest BCUT2D eigenvalue weighted by Crippen LogP contribution is -2.23. The molecule has 1 N–H and O–H groups in total. The number of aryl methyl sites for hydroxylation is 2. The Morgan fingerprint density at radius 1 is 1.18 bits per heavy atom. The van der Waals surface area contributed by atoms with E-state index < -0.39 is 9.84 Å². The Kier molecular flexibility index (Phi) is 5.65. The highest BCUT2D eigenvalue weighted by molar-refractivity contribution is 7.91. The fraction of sp³-hybridized carbons (Fsp3) is 0.280. The van der Waals surface area contributed by atoms with Crippen molar-refractivity contribution in [1.82, 2.24) is 25.1 Å². The molecule has 0 radical (unpaired) electrons. The summed E-state index contributed by atoms with van der Waals surface area (Å²) in [5.41, 5.74) is 5.17. The molecule has 3 aromatic heterocycles. The number of rotatable bonds is 5. The minimum absolute atomic E-state index is 0.0300. The van der Waals surface area contributed by atoms with Crippen LogP contribution in [0.3, 0.4) is 0 Å². The van der Waals surface area contributed by atoms with E-state index in [1.807, 2.05) is 50.2 Å². The summed E-state index contributed by atoms with van der Waals surface area (Å²) in [7, 11) is -3.11. The van der Waals surface area contributed by atoms with Crippen LogP contribution in [0.15, 0.2) is 54.9 Å². The third-order valence-corrected chi connectivity index (χ3v) is 7.91. The summed E-state index contributed by atoms with van der Waals surface area (Å²) >= 11 is 0. The predicted molar refractivity (Wildman–Crippen MR) is 130 cm³/mol. The lowest BCUT2D eigenvalue weighted by atomic mass is 10.0. The molecule has 1 amide bonds. The van der Waals surface area contributed by atoms with Crippen molar-refractivity contribution in [3.63, 3.8) is 0 Å². The predicted octanol–water partition coefficient (Wildman–Crippen LogP) is 3.40. The van der Waals surface area contributed by atoms with Crippen LogP contribution in [0.4, 0.5) is 0 Å². The minimum atomic E-state index is -3.11. The molecule has 1 aromatic carbocycles. The van der Waals surface area contributed by atoms with Crippen molar-refractivity contribution < 1.29 is 13.2 Å². The minimum Gasteiger partial charge on any atom is -0.348 e. The van der Waals surface area contributed by atoms with Crippen LogP contribution in [0.5, 0.6) is 0 Å². The number of pyridine rings is 2. The van der Waals surface area contributed by atoms with Crippen molar-refractivity contribution in [3.05, 3.63) is 77.2 Å². The molecule has 0 saturated carbocycles. The molecule has 8 nitrogen and oxygen atoms in total. The Labute approximate surface area is 198 Å². The number of amides is 1. The molecule has 1 aliphatic rings. The van der Waals surface area contributed by atoms with Gasteiger partial charge in [0.15, 0.2) is 15.5 Å². The van der Waals surface area contributed by atoms with Gasteiger partial charge in [-0.25, -0.2) is 18.1 Å². The number of hydrogen-bond acceptors (Lipinski definition) is 6. The quantitative estimate of drug-likeness (QED) is 0.474. The van der Waals surface area contributed by atoms with Crippen LogP contribution >= 0.6 is 0 Å². The second-order valence-corrected chi connectivity index (χ2v) is 11.0. The van der Waals surface area contributed by atoms with Crippen molar-refractivity contribution in [1.29, 1.82) is 0 Å². The molecule has 34 heavy (non-hydrogen) atoms. The molecule has 1 aliphatic heterocycles. The van der Waals surface area contributed by atoms with Crippen LogP contribution in [0.25, 0.3) is 22.3 Å². The van der Waals surface area contributed by atoms with Crippen LogP contribution in [-0.2, 0) is 16.4 Å². The highest BCUT2D eigenvalue weighted by Gasteiger charge is 2.32. The number of fused-ring (bicyclic) bond motifs is 1. The lowest BCUT2D eigenvalue weighted by Gasteiger charge is -2.12. The van der Waals surface area contributed by atoms with Crippen molar-refractivity contribution in [2.24, 2.45) is 0 Å². The highest BCUT2D eigenvalue weighted by atomic mass is 32.2. The number of carbonyl (C=O) groups excluding carboxylic acids is 1. The Hall–Kier alpha value is -3.59. The average molecular weight is 476 g/mol.